The minimum Gasteiger partial charge on any atom is -0.450 e. The summed E-state index contributed by atoms with van der Waals surface area (Å²) in [5.41, 5.74) is 2.75. The van der Waals surface area contributed by atoms with Gasteiger partial charge in [0, 0.05) is 6.04 Å². The molecule has 0 bridgehead atoms. The van der Waals surface area contributed by atoms with Gasteiger partial charge in [0.15, 0.2) is 0 Å². The molecule has 0 saturated carbocycles. The van der Waals surface area contributed by atoms with Gasteiger partial charge >= 0.3 is 6.09 Å². The lowest BCUT2D eigenvalue weighted by Crippen LogP contribution is -2.39. The number of carbonyl (C=O) groups excluding carboxylic acids is 1. The molecule has 1 aromatic carbocycles. The predicted molar refractivity (Wildman–Crippen MR) is 62.4 cm³/mol. The molecule has 0 unspecified atom stereocenters. The molecule has 0 saturated heterocycles. The van der Waals surface area contributed by atoms with Gasteiger partial charge in [-0.05, 0) is 37.3 Å². The van der Waals surface area contributed by atoms with Gasteiger partial charge in [0.2, 0.25) is 0 Å². The summed E-state index contributed by atoms with van der Waals surface area (Å²) in [7, 11) is 0. The van der Waals surface area contributed by atoms with Crippen molar-refractivity contribution in [2.24, 2.45) is 0 Å². The van der Waals surface area contributed by atoms with Crippen molar-refractivity contribution in [3.05, 3.63) is 35.4 Å². The van der Waals surface area contributed by atoms with Crippen LogP contribution in [-0.2, 0) is 17.6 Å². The molecule has 1 aliphatic rings. The minimum absolute atomic E-state index is 0.217. The molecule has 0 aliphatic heterocycles. The topological polar surface area (TPSA) is 38.3 Å². The van der Waals surface area contributed by atoms with E-state index in [1.807, 2.05) is 13.0 Å². The zero-order valence-electron chi connectivity index (χ0n) is 9.53. The average Bonchev–Trinajstić information content (AvgIpc) is 2.29. The first-order valence-corrected chi connectivity index (χ1v) is 5.79. The van der Waals surface area contributed by atoms with Crippen molar-refractivity contribution >= 4 is 6.09 Å². The fourth-order valence-corrected chi connectivity index (χ4v) is 2.16. The van der Waals surface area contributed by atoms with Crippen molar-refractivity contribution in [3.8, 4) is 0 Å². The highest BCUT2D eigenvalue weighted by atomic mass is 16.5. The number of hydrogen-bond donors (Lipinski definition) is 1. The summed E-state index contributed by atoms with van der Waals surface area (Å²) in [6.07, 6.45) is 2.64. The summed E-state index contributed by atoms with van der Waals surface area (Å²) in [6.45, 7) is 2.24. The third kappa shape index (κ3) is 2.54. The van der Waals surface area contributed by atoms with Crippen LogP contribution in [0.3, 0.4) is 0 Å². The lowest BCUT2D eigenvalue weighted by Gasteiger charge is -2.24. The fraction of sp³-hybridized carbons (Fsp3) is 0.462. The second-order valence-electron chi connectivity index (χ2n) is 4.07. The van der Waals surface area contributed by atoms with Crippen LogP contribution in [-0.4, -0.2) is 18.7 Å². The summed E-state index contributed by atoms with van der Waals surface area (Å²) in [5.74, 6) is 0. The number of alkyl carbamates (subject to hydrolysis) is 1. The molecular weight excluding hydrogens is 202 g/mol. The standard InChI is InChI=1S/C13H17NO2/c1-2-16-13(15)14-12-8-7-10-5-3-4-6-11(10)9-12/h3-6,12H,2,7-9H2,1H3,(H,14,15)/t12-/m0/s1. The number of aryl methyl sites for hydroxylation is 1. The van der Waals surface area contributed by atoms with Crippen molar-refractivity contribution < 1.29 is 9.53 Å². The average molecular weight is 219 g/mol. The molecule has 0 aromatic heterocycles. The van der Waals surface area contributed by atoms with Crippen LogP contribution in [0.25, 0.3) is 0 Å². The van der Waals surface area contributed by atoms with E-state index in [4.69, 9.17) is 4.74 Å². The SMILES string of the molecule is CCOC(=O)N[C@H]1CCc2ccccc2C1. The molecule has 3 heteroatoms. The Balaban J connectivity index is 1.95. The Bertz CT molecular complexity index is 376. The number of fused-ring (bicyclic) bond motifs is 1. The zero-order valence-corrected chi connectivity index (χ0v) is 9.53. The molecule has 1 atom stereocenters. The van der Waals surface area contributed by atoms with Gasteiger partial charge in [-0.25, -0.2) is 4.79 Å². The summed E-state index contributed by atoms with van der Waals surface area (Å²) in [5, 5.41) is 2.90. The van der Waals surface area contributed by atoms with Gasteiger partial charge < -0.3 is 10.1 Å². The molecule has 1 aliphatic carbocycles. The van der Waals surface area contributed by atoms with E-state index in [1.54, 1.807) is 0 Å². The first kappa shape index (κ1) is 11.0. The minimum atomic E-state index is -0.299. The van der Waals surface area contributed by atoms with Gasteiger partial charge in [0.25, 0.3) is 0 Å². The van der Waals surface area contributed by atoms with E-state index < -0.39 is 0 Å². The number of hydrogen-bond acceptors (Lipinski definition) is 2. The number of benzene rings is 1. The second-order valence-corrected chi connectivity index (χ2v) is 4.07. The summed E-state index contributed by atoms with van der Waals surface area (Å²) >= 11 is 0. The molecule has 3 nitrogen and oxygen atoms in total. The quantitative estimate of drug-likeness (QED) is 0.828. The Hall–Kier alpha value is -1.51. The Morgan fingerprint density at radius 3 is 2.94 bits per heavy atom. The van der Waals surface area contributed by atoms with E-state index in [9.17, 15) is 4.79 Å². The van der Waals surface area contributed by atoms with Crippen molar-refractivity contribution in [3.63, 3.8) is 0 Å². The molecule has 1 amide bonds. The maximum Gasteiger partial charge on any atom is 0.407 e. The van der Waals surface area contributed by atoms with E-state index in [-0.39, 0.29) is 12.1 Å². The Labute approximate surface area is 95.8 Å². The lowest BCUT2D eigenvalue weighted by atomic mass is 9.88. The van der Waals surface area contributed by atoms with Crippen LogP contribution in [0.5, 0.6) is 0 Å². The highest BCUT2D eigenvalue weighted by Crippen LogP contribution is 2.20. The van der Waals surface area contributed by atoms with Gasteiger partial charge in [-0.3, -0.25) is 0 Å². The summed E-state index contributed by atoms with van der Waals surface area (Å²) in [4.78, 5) is 11.3. The van der Waals surface area contributed by atoms with Crippen LogP contribution in [0.1, 0.15) is 24.5 Å². The molecule has 0 fully saturated rings. The van der Waals surface area contributed by atoms with Gasteiger partial charge in [-0.15, -0.1) is 0 Å². The van der Waals surface area contributed by atoms with E-state index >= 15 is 0 Å². The predicted octanol–water partition coefficient (Wildman–Crippen LogP) is 2.29. The van der Waals surface area contributed by atoms with Crippen molar-refractivity contribution in [1.29, 1.82) is 0 Å². The molecule has 86 valence electrons. The molecule has 1 N–H and O–H groups in total. The van der Waals surface area contributed by atoms with Crippen molar-refractivity contribution in [2.75, 3.05) is 6.61 Å². The largest absolute Gasteiger partial charge is 0.450 e. The number of carbonyl (C=O) groups is 1. The number of amides is 1. The van der Waals surface area contributed by atoms with Crippen LogP contribution in [0.2, 0.25) is 0 Å². The van der Waals surface area contributed by atoms with Crippen molar-refractivity contribution in [2.45, 2.75) is 32.2 Å². The highest BCUT2D eigenvalue weighted by Gasteiger charge is 2.19. The maximum atomic E-state index is 11.3. The van der Waals surface area contributed by atoms with Crippen LogP contribution >= 0.6 is 0 Å². The molecule has 2 rings (SSSR count). The highest BCUT2D eigenvalue weighted by molar-refractivity contribution is 5.67. The van der Waals surface area contributed by atoms with Gasteiger partial charge in [-0.1, -0.05) is 24.3 Å². The van der Waals surface area contributed by atoms with Crippen LogP contribution in [0, 0.1) is 0 Å². The lowest BCUT2D eigenvalue weighted by molar-refractivity contribution is 0.147. The Morgan fingerprint density at radius 1 is 1.44 bits per heavy atom. The third-order valence-electron chi connectivity index (χ3n) is 2.94. The van der Waals surface area contributed by atoms with Crippen LogP contribution in [0.15, 0.2) is 24.3 Å². The molecule has 16 heavy (non-hydrogen) atoms. The van der Waals surface area contributed by atoms with Gasteiger partial charge in [-0.2, -0.15) is 0 Å². The molecular formula is C13H17NO2. The van der Waals surface area contributed by atoms with E-state index in [0.717, 1.165) is 19.3 Å². The zero-order chi connectivity index (χ0) is 11.4. The van der Waals surface area contributed by atoms with Gasteiger partial charge in [0.05, 0.1) is 6.61 Å². The molecule has 1 aromatic rings. The summed E-state index contributed by atoms with van der Waals surface area (Å²) < 4.78 is 4.88. The molecule has 0 radical (unpaired) electrons. The van der Waals surface area contributed by atoms with Crippen LogP contribution < -0.4 is 5.32 Å². The normalized spacial score (nSPS) is 18.7. The number of rotatable bonds is 2. The maximum absolute atomic E-state index is 11.3. The molecule has 0 spiro atoms. The van der Waals surface area contributed by atoms with E-state index in [2.05, 4.69) is 23.5 Å². The third-order valence-corrected chi connectivity index (χ3v) is 2.94. The number of nitrogens with one attached hydrogen (secondary N) is 1. The van der Waals surface area contributed by atoms with Crippen LogP contribution in [0.4, 0.5) is 4.79 Å². The summed E-state index contributed by atoms with van der Waals surface area (Å²) in [6, 6.07) is 8.63. The Morgan fingerprint density at radius 2 is 2.19 bits per heavy atom. The fourth-order valence-electron chi connectivity index (χ4n) is 2.16. The first-order chi connectivity index (χ1) is 7.79. The molecule has 0 heterocycles. The number of ether oxygens (including phenoxy) is 1. The Kier molecular flexibility index (Phi) is 3.44. The van der Waals surface area contributed by atoms with E-state index in [0.29, 0.717) is 6.61 Å². The van der Waals surface area contributed by atoms with Crippen molar-refractivity contribution in [1.82, 2.24) is 5.32 Å². The smallest absolute Gasteiger partial charge is 0.407 e. The monoisotopic (exact) mass is 219 g/mol. The second kappa shape index (κ2) is 5.01. The first-order valence-electron chi connectivity index (χ1n) is 5.79. The van der Waals surface area contributed by atoms with Gasteiger partial charge in [0.1, 0.15) is 0 Å². The van der Waals surface area contributed by atoms with E-state index in [1.165, 1.54) is 11.1 Å².